The minimum absolute atomic E-state index is 0.104. The van der Waals surface area contributed by atoms with Crippen LogP contribution < -0.4 is 0 Å². The lowest BCUT2D eigenvalue weighted by Gasteiger charge is -2.16. The molecule has 3 nitrogen and oxygen atoms in total. The Labute approximate surface area is 84.8 Å². The van der Waals surface area contributed by atoms with E-state index in [4.69, 9.17) is 20.8 Å². The smallest absolute Gasteiger partial charge is 0.349 e. The molecule has 0 aromatic rings. The lowest BCUT2D eigenvalue weighted by molar-refractivity contribution is -0.139. The Hall–Kier alpha value is -0.323. The Balaban J connectivity index is 3.47. The molecule has 0 atom stereocenters. The average molecular weight is 223 g/mol. The second-order valence-electron chi connectivity index (χ2n) is 3.50. The van der Waals surface area contributed by atoms with Crippen LogP contribution in [-0.2, 0) is 14.0 Å². The molecule has 0 spiro atoms. The zero-order valence-corrected chi connectivity index (χ0v) is 9.98. The predicted molar refractivity (Wildman–Crippen MR) is 55.3 cm³/mol. The summed E-state index contributed by atoms with van der Waals surface area (Å²) in [5.41, 5.74) is 0. The first-order chi connectivity index (χ1) is 5.83. The summed E-state index contributed by atoms with van der Waals surface area (Å²) in [5.74, 6) is -0.583. The maximum atomic E-state index is 10.8. The van der Waals surface area contributed by atoms with Crippen LogP contribution in [0.5, 0.6) is 0 Å². The fourth-order valence-electron chi connectivity index (χ4n) is 0.561. The molecule has 0 aliphatic rings. The molecule has 0 N–H and O–H groups in total. The molecule has 0 heterocycles. The number of carbonyl (C=O) groups is 1. The van der Waals surface area contributed by atoms with Crippen molar-refractivity contribution in [3.63, 3.8) is 0 Å². The van der Waals surface area contributed by atoms with Gasteiger partial charge in [0, 0.05) is 0 Å². The van der Waals surface area contributed by atoms with Gasteiger partial charge in [-0.25, -0.2) is 4.79 Å². The molecule has 0 amide bonds. The van der Waals surface area contributed by atoms with Gasteiger partial charge in [0.1, 0.15) is 11.6 Å². The first-order valence-electron chi connectivity index (χ1n) is 3.98. The summed E-state index contributed by atoms with van der Waals surface area (Å²) >= 11 is 5.30. The molecular formula is C8H15ClO3Si. The lowest BCUT2D eigenvalue weighted by atomic mass is 10.6. The summed E-state index contributed by atoms with van der Waals surface area (Å²) in [5, 5.41) is -0.104. The minimum atomic E-state index is -1.50. The highest BCUT2D eigenvalue weighted by molar-refractivity contribution is 6.69. The molecule has 5 heteroatoms. The normalized spacial score (nSPS) is 11.1. The quantitative estimate of drug-likeness (QED) is 0.310. The Morgan fingerprint density at radius 2 is 1.92 bits per heavy atom. The van der Waals surface area contributed by atoms with E-state index in [1.54, 1.807) is 0 Å². The van der Waals surface area contributed by atoms with Crippen LogP contribution in [-0.4, -0.2) is 27.5 Å². The number of carbonyl (C=O) groups excluding carboxylic acids is 1. The Morgan fingerprint density at radius 3 is 2.31 bits per heavy atom. The minimum Gasteiger partial charge on any atom is -0.459 e. The molecule has 0 aliphatic heterocycles. The second-order valence-corrected chi connectivity index (χ2v) is 8.47. The van der Waals surface area contributed by atoms with Crippen LogP contribution in [0.4, 0.5) is 0 Å². The van der Waals surface area contributed by atoms with E-state index in [0.29, 0.717) is 6.61 Å². The van der Waals surface area contributed by atoms with Gasteiger partial charge in [-0.2, -0.15) is 0 Å². The van der Waals surface area contributed by atoms with E-state index in [-0.39, 0.29) is 11.6 Å². The van der Waals surface area contributed by atoms with E-state index in [2.05, 4.69) is 26.2 Å². The van der Waals surface area contributed by atoms with Crippen molar-refractivity contribution in [2.24, 2.45) is 0 Å². The van der Waals surface area contributed by atoms with Crippen LogP contribution >= 0.6 is 11.6 Å². The number of hydrogen-bond acceptors (Lipinski definition) is 3. The molecule has 0 fully saturated rings. The summed E-state index contributed by atoms with van der Waals surface area (Å²) in [6, 6.07) is 0. The van der Waals surface area contributed by atoms with E-state index in [1.165, 1.54) is 0 Å². The Morgan fingerprint density at radius 1 is 1.38 bits per heavy atom. The molecule has 13 heavy (non-hydrogen) atoms. The van der Waals surface area contributed by atoms with E-state index in [0.717, 1.165) is 0 Å². The summed E-state index contributed by atoms with van der Waals surface area (Å²) in [4.78, 5) is 10.8. The van der Waals surface area contributed by atoms with Gasteiger partial charge in [0.05, 0.1) is 6.61 Å². The highest BCUT2D eigenvalue weighted by atomic mass is 35.5. The van der Waals surface area contributed by atoms with Gasteiger partial charge in [0.15, 0.2) is 8.32 Å². The zero-order chi connectivity index (χ0) is 10.5. The SMILES string of the molecule is C=C(Cl)C(=O)OCCO[Si](C)(C)C. The third kappa shape index (κ3) is 8.02. The average Bonchev–Trinajstić information content (AvgIpc) is 1.95. The highest BCUT2D eigenvalue weighted by Gasteiger charge is 2.14. The van der Waals surface area contributed by atoms with Crippen molar-refractivity contribution in [3.05, 3.63) is 11.6 Å². The molecule has 76 valence electrons. The van der Waals surface area contributed by atoms with Gasteiger partial charge in [-0.1, -0.05) is 18.2 Å². The maximum Gasteiger partial charge on any atom is 0.349 e. The molecule has 0 aliphatic carbocycles. The lowest BCUT2D eigenvalue weighted by Crippen LogP contribution is -2.27. The first-order valence-corrected chi connectivity index (χ1v) is 7.77. The number of ether oxygens (including phenoxy) is 1. The third-order valence-electron chi connectivity index (χ3n) is 1.07. The fraction of sp³-hybridized carbons (Fsp3) is 0.625. The van der Waals surface area contributed by atoms with Gasteiger partial charge in [-0.05, 0) is 19.6 Å². The van der Waals surface area contributed by atoms with Gasteiger partial charge in [0.25, 0.3) is 0 Å². The first kappa shape index (κ1) is 12.7. The van der Waals surface area contributed by atoms with E-state index in [9.17, 15) is 4.79 Å². The van der Waals surface area contributed by atoms with Crippen LogP contribution in [0.15, 0.2) is 11.6 Å². The second kappa shape index (κ2) is 5.42. The van der Waals surface area contributed by atoms with Gasteiger partial charge in [-0.15, -0.1) is 0 Å². The van der Waals surface area contributed by atoms with Crippen molar-refractivity contribution in [3.8, 4) is 0 Å². The van der Waals surface area contributed by atoms with Crippen molar-refractivity contribution < 1.29 is 14.0 Å². The molecule has 0 bridgehead atoms. The molecule has 0 unspecified atom stereocenters. The molecule has 0 saturated heterocycles. The predicted octanol–water partition coefficient (Wildman–Crippen LogP) is 2.13. The van der Waals surface area contributed by atoms with Gasteiger partial charge in [0.2, 0.25) is 0 Å². The van der Waals surface area contributed by atoms with Crippen LogP contribution in [0.25, 0.3) is 0 Å². The molecule has 0 radical (unpaired) electrons. The van der Waals surface area contributed by atoms with Crippen molar-refractivity contribution >= 4 is 25.9 Å². The van der Waals surface area contributed by atoms with Crippen LogP contribution in [0.1, 0.15) is 0 Å². The number of esters is 1. The fourth-order valence-corrected chi connectivity index (χ4v) is 1.31. The largest absolute Gasteiger partial charge is 0.459 e. The van der Waals surface area contributed by atoms with Crippen LogP contribution in [0, 0.1) is 0 Å². The summed E-state index contributed by atoms with van der Waals surface area (Å²) in [7, 11) is -1.50. The van der Waals surface area contributed by atoms with Crippen molar-refractivity contribution in [2.75, 3.05) is 13.2 Å². The topological polar surface area (TPSA) is 35.5 Å². The highest BCUT2D eigenvalue weighted by Crippen LogP contribution is 2.03. The monoisotopic (exact) mass is 222 g/mol. The van der Waals surface area contributed by atoms with Gasteiger partial charge >= 0.3 is 5.97 Å². The van der Waals surface area contributed by atoms with Crippen molar-refractivity contribution in [1.82, 2.24) is 0 Å². The molecule has 0 aromatic carbocycles. The van der Waals surface area contributed by atoms with E-state index >= 15 is 0 Å². The number of hydrogen-bond donors (Lipinski definition) is 0. The molecule has 0 aromatic heterocycles. The van der Waals surface area contributed by atoms with E-state index < -0.39 is 14.3 Å². The van der Waals surface area contributed by atoms with Crippen LogP contribution in [0.2, 0.25) is 19.6 Å². The van der Waals surface area contributed by atoms with E-state index in [1.807, 2.05) is 0 Å². The van der Waals surface area contributed by atoms with Crippen molar-refractivity contribution in [2.45, 2.75) is 19.6 Å². The maximum absolute atomic E-state index is 10.8. The summed E-state index contributed by atoms with van der Waals surface area (Å²) < 4.78 is 10.2. The van der Waals surface area contributed by atoms with Crippen LogP contribution in [0.3, 0.4) is 0 Å². The van der Waals surface area contributed by atoms with Crippen molar-refractivity contribution in [1.29, 1.82) is 0 Å². The molecular weight excluding hydrogens is 208 g/mol. The standard InChI is InChI=1S/C8H15ClO3Si/c1-7(9)8(10)11-5-6-12-13(2,3)4/h1,5-6H2,2-4H3. The Kier molecular flexibility index (Phi) is 5.28. The number of rotatable bonds is 5. The third-order valence-corrected chi connectivity index (χ3v) is 2.30. The molecule has 0 saturated carbocycles. The Bertz CT molecular complexity index is 198. The summed E-state index contributed by atoms with van der Waals surface area (Å²) in [6.07, 6.45) is 0. The zero-order valence-electron chi connectivity index (χ0n) is 8.22. The summed E-state index contributed by atoms with van der Waals surface area (Å²) in [6.45, 7) is 10.1. The van der Waals surface area contributed by atoms with Gasteiger partial charge in [-0.3, -0.25) is 0 Å². The molecule has 0 rings (SSSR count). The van der Waals surface area contributed by atoms with Gasteiger partial charge < -0.3 is 9.16 Å². The number of halogens is 1.